The number of carbonyl (C=O) groups excluding carboxylic acids is 1. The maximum absolute atomic E-state index is 13.1. The minimum Gasteiger partial charge on any atom is -0.397 e. The van der Waals surface area contributed by atoms with E-state index in [2.05, 4.69) is 10.2 Å². The number of nitrogens with two attached hydrogens (primary N) is 1. The van der Waals surface area contributed by atoms with E-state index in [1.54, 1.807) is 0 Å². The Labute approximate surface area is 116 Å². The summed E-state index contributed by atoms with van der Waals surface area (Å²) in [6.45, 7) is 1.84. The van der Waals surface area contributed by atoms with E-state index >= 15 is 0 Å². The Morgan fingerprint density at radius 2 is 2.10 bits per heavy atom. The molecule has 0 aromatic heterocycles. The van der Waals surface area contributed by atoms with E-state index in [0.717, 1.165) is 25.9 Å². The third-order valence-corrected chi connectivity index (χ3v) is 3.78. The zero-order valence-electron chi connectivity index (χ0n) is 11.1. The third-order valence-electron chi connectivity index (χ3n) is 3.78. The van der Waals surface area contributed by atoms with Crippen LogP contribution < -0.4 is 11.1 Å². The highest BCUT2D eigenvalue weighted by Crippen LogP contribution is 2.26. The van der Waals surface area contributed by atoms with Crippen molar-refractivity contribution in [1.82, 2.24) is 4.90 Å². The summed E-state index contributed by atoms with van der Waals surface area (Å²) in [5.41, 5.74) is 6.40. The number of hydrogen-bond donors (Lipinski definition) is 2. The third kappa shape index (κ3) is 2.91. The molecule has 2 unspecified atom stereocenters. The first-order chi connectivity index (χ1) is 9.60. The molecule has 0 saturated carbocycles. The van der Waals surface area contributed by atoms with Crippen LogP contribution in [0, 0.1) is 5.82 Å². The predicted molar refractivity (Wildman–Crippen MR) is 73.8 cm³/mol. The number of morpholine rings is 1. The second-order valence-electron chi connectivity index (χ2n) is 5.43. The number of amides is 1. The highest BCUT2D eigenvalue weighted by Gasteiger charge is 2.34. The SMILES string of the molecule is Nc1ccc(F)cc1NC(=O)CN1CC2CCC(C1)O2. The summed E-state index contributed by atoms with van der Waals surface area (Å²) in [5.74, 6) is -0.595. The topological polar surface area (TPSA) is 67.6 Å². The largest absolute Gasteiger partial charge is 0.397 e. The van der Waals surface area contributed by atoms with Crippen LogP contribution in [0.15, 0.2) is 18.2 Å². The molecule has 1 aromatic carbocycles. The fourth-order valence-electron chi connectivity index (χ4n) is 2.86. The Kier molecular flexibility index (Phi) is 3.58. The molecule has 0 spiro atoms. The fourth-order valence-corrected chi connectivity index (χ4v) is 2.86. The lowest BCUT2D eigenvalue weighted by atomic mass is 10.2. The lowest BCUT2D eigenvalue weighted by molar-refractivity contribution is -0.119. The van der Waals surface area contributed by atoms with E-state index in [-0.39, 0.29) is 24.7 Å². The molecule has 2 atom stereocenters. The molecule has 3 rings (SSSR count). The molecular formula is C14H18FN3O2. The molecule has 1 aromatic rings. The number of nitrogens with one attached hydrogen (secondary N) is 1. The number of likely N-dealkylation sites (tertiary alicyclic amines) is 1. The number of anilines is 2. The van der Waals surface area contributed by atoms with Gasteiger partial charge in [0.25, 0.3) is 0 Å². The van der Waals surface area contributed by atoms with Crippen molar-refractivity contribution < 1.29 is 13.9 Å². The van der Waals surface area contributed by atoms with E-state index in [0.29, 0.717) is 11.4 Å². The molecule has 0 aliphatic carbocycles. The molecule has 2 bridgehead atoms. The van der Waals surface area contributed by atoms with Crippen molar-refractivity contribution in [2.24, 2.45) is 0 Å². The summed E-state index contributed by atoms with van der Waals surface area (Å²) in [6.07, 6.45) is 2.64. The summed E-state index contributed by atoms with van der Waals surface area (Å²) in [5, 5.41) is 2.66. The second-order valence-corrected chi connectivity index (χ2v) is 5.43. The predicted octanol–water partition coefficient (Wildman–Crippen LogP) is 1.21. The number of nitrogens with zero attached hydrogens (tertiary/aromatic N) is 1. The number of carbonyl (C=O) groups is 1. The normalized spacial score (nSPS) is 25.6. The van der Waals surface area contributed by atoms with E-state index in [1.165, 1.54) is 18.2 Å². The van der Waals surface area contributed by atoms with Gasteiger partial charge in [-0.2, -0.15) is 0 Å². The Hall–Kier alpha value is -1.66. The Balaban J connectivity index is 1.58. The zero-order chi connectivity index (χ0) is 14.1. The highest BCUT2D eigenvalue weighted by molar-refractivity contribution is 5.95. The first-order valence-electron chi connectivity index (χ1n) is 6.83. The molecule has 2 heterocycles. The summed E-state index contributed by atoms with van der Waals surface area (Å²) in [4.78, 5) is 14.1. The molecular weight excluding hydrogens is 261 g/mol. The number of benzene rings is 1. The fraction of sp³-hybridized carbons (Fsp3) is 0.500. The van der Waals surface area contributed by atoms with Gasteiger partial charge in [0.2, 0.25) is 5.91 Å². The molecule has 0 radical (unpaired) electrons. The van der Waals surface area contributed by atoms with Crippen LogP contribution in [0.4, 0.5) is 15.8 Å². The van der Waals surface area contributed by atoms with Crippen LogP contribution in [0.25, 0.3) is 0 Å². The van der Waals surface area contributed by atoms with Crippen LogP contribution in [-0.2, 0) is 9.53 Å². The number of rotatable bonds is 3. The Morgan fingerprint density at radius 1 is 1.40 bits per heavy atom. The second kappa shape index (κ2) is 5.38. The van der Waals surface area contributed by atoms with Crippen LogP contribution in [0.3, 0.4) is 0 Å². The van der Waals surface area contributed by atoms with Gasteiger partial charge in [0, 0.05) is 13.1 Å². The number of nitrogen functional groups attached to an aromatic ring is 1. The van der Waals surface area contributed by atoms with Gasteiger partial charge >= 0.3 is 0 Å². The van der Waals surface area contributed by atoms with E-state index in [1.807, 2.05) is 0 Å². The van der Waals surface area contributed by atoms with Gasteiger partial charge in [-0.05, 0) is 31.0 Å². The van der Waals surface area contributed by atoms with Gasteiger partial charge in [-0.25, -0.2) is 4.39 Å². The first-order valence-corrected chi connectivity index (χ1v) is 6.83. The standard InChI is InChI=1S/C14H18FN3O2/c15-9-1-4-12(16)13(5-9)17-14(19)8-18-6-10-2-3-11(7-18)20-10/h1,4-5,10-11H,2-3,6-8,16H2,(H,17,19). The maximum Gasteiger partial charge on any atom is 0.238 e. The number of ether oxygens (including phenoxy) is 1. The summed E-state index contributed by atoms with van der Waals surface area (Å²) in [6, 6.07) is 3.95. The minimum atomic E-state index is -0.418. The van der Waals surface area contributed by atoms with E-state index in [9.17, 15) is 9.18 Å². The van der Waals surface area contributed by atoms with Crippen molar-refractivity contribution in [2.45, 2.75) is 25.0 Å². The van der Waals surface area contributed by atoms with Crippen molar-refractivity contribution in [1.29, 1.82) is 0 Å². The molecule has 108 valence electrons. The van der Waals surface area contributed by atoms with Crippen LogP contribution in [0.5, 0.6) is 0 Å². The molecule has 1 amide bonds. The molecule has 5 nitrogen and oxygen atoms in total. The van der Waals surface area contributed by atoms with Crippen LogP contribution >= 0.6 is 0 Å². The summed E-state index contributed by atoms with van der Waals surface area (Å²) < 4.78 is 18.9. The smallest absolute Gasteiger partial charge is 0.238 e. The average Bonchev–Trinajstić information content (AvgIpc) is 2.73. The summed E-state index contributed by atoms with van der Waals surface area (Å²) in [7, 11) is 0. The molecule has 6 heteroatoms. The molecule has 2 fully saturated rings. The van der Waals surface area contributed by atoms with Gasteiger partial charge in [0.05, 0.1) is 30.1 Å². The van der Waals surface area contributed by atoms with Crippen LogP contribution in [0.2, 0.25) is 0 Å². The van der Waals surface area contributed by atoms with Crippen LogP contribution in [0.1, 0.15) is 12.8 Å². The Bertz CT molecular complexity index is 511. The van der Waals surface area contributed by atoms with Crippen molar-refractivity contribution >= 4 is 17.3 Å². The lowest BCUT2D eigenvalue weighted by Gasteiger charge is -2.31. The number of halogens is 1. The monoisotopic (exact) mass is 279 g/mol. The molecule has 3 N–H and O–H groups in total. The lowest BCUT2D eigenvalue weighted by Crippen LogP contribution is -2.45. The van der Waals surface area contributed by atoms with Gasteiger partial charge in [0.1, 0.15) is 5.82 Å². The van der Waals surface area contributed by atoms with Crippen molar-refractivity contribution in [3.05, 3.63) is 24.0 Å². The number of hydrogen-bond acceptors (Lipinski definition) is 4. The number of fused-ring (bicyclic) bond motifs is 2. The van der Waals surface area contributed by atoms with Crippen LogP contribution in [-0.4, -0.2) is 42.6 Å². The van der Waals surface area contributed by atoms with Crippen molar-refractivity contribution in [2.75, 3.05) is 30.7 Å². The van der Waals surface area contributed by atoms with Crippen molar-refractivity contribution in [3.8, 4) is 0 Å². The van der Waals surface area contributed by atoms with Gasteiger partial charge < -0.3 is 15.8 Å². The Morgan fingerprint density at radius 3 is 2.80 bits per heavy atom. The van der Waals surface area contributed by atoms with Gasteiger partial charge in [-0.15, -0.1) is 0 Å². The minimum absolute atomic E-state index is 0.177. The maximum atomic E-state index is 13.1. The van der Waals surface area contributed by atoms with Gasteiger partial charge in [0.15, 0.2) is 0 Å². The molecule has 2 saturated heterocycles. The van der Waals surface area contributed by atoms with Gasteiger partial charge in [-0.1, -0.05) is 0 Å². The molecule has 2 aliphatic rings. The zero-order valence-corrected chi connectivity index (χ0v) is 11.1. The van der Waals surface area contributed by atoms with Gasteiger partial charge in [-0.3, -0.25) is 9.69 Å². The molecule has 20 heavy (non-hydrogen) atoms. The van der Waals surface area contributed by atoms with Crippen molar-refractivity contribution in [3.63, 3.8) is 0 Å². The van der Waals surface area contributed by atoms with E-state index in [4.69, 9.17) is 10.5 Å². The summed E-state index contributed by atoms with van der Waals surface area (Å²) >= 11 is 0. The molecule has 2 aliphatic heterocycles. The highest BCUT2D eigenvalue weighted by atomic mass is 19.1. The quantitative estimate of drug-likeness (QED) is 0.816. The average molecular weight is 279 g/mol. The first kappa shape index (κ1) is 13.3. The van der Waals surface area contributed by atoms with E-state index < -0.39 is 5.82 Å².